The van der Waals surface area contributed by atoms with Gasteiger partial charge in [-0.2, -0.15) is 30.7 Å². The molecule has 0 saturated heterocycles. The molecule has 0 aromatic carbocycles. The average Bonchev–Trinajstić information content (AvgIpc) is 1.79. The van der Waals surface area contributed by atoms with Crippen molar-refractivity contribution >= 4 is 11.6 Å². The lowest BCUT2D eigenvalue weighted by Gasteiger charge is -2.16. The van der Waals surface area contributed by atoms with E-state index < -0.39 is 29.6 Å². The van der Waals surface area contributed by atoms with Gasteiger partial charge in [0.05, 0.1) is 0 Å². The van der Waals surface area contributed by atoms with Crippen LogP contribution in [0.1, 0.15) is 0 Å². The van der Waals surface area contributed by atoms with E-state index in [1.54, 1.807) is 0 Å². The number of alkyl halides is 8. The Kier molecular flexibility index (Phi) is 3.24. The highest BCUT2D eigenvalue weighted by Gasteiger charge is 2.53. The van der Waals surface area contributed by atoms with Crippen LogP contribution < -0.4 is 0 Å². The van der Waals surface area contributed by atoms with Gasteiger partial charge in [-0.05, 0) is 17.7 Å². The molecule has 0 amide bonds. The first-order valence-corrected chi connectivity index (χ1v) is 3.05. The smallest absolute Gasteiger partial charge is 0.193 e. The van der Waals surface area contributed by atoms with Gasteiger partial charge in [0.2, 0.25) is 0 Å². The molecule has 0 unspecified atom stereocenters. The Morgan fingerprint density at radius 1 is 0.769 bits per heavy atom. The van der Waals surface area contributed by atoms with E-state index in [2.05, 4.69) is 11.6 Å². The van der Waals surface area contributed by atoms with Gasteiger partial charge in [-0.25, -0.2) is 0 Å². The van der Waals surface area contributed by atoms with Crippen LogP contribution in [-0.4, -0.2) is 17.5 Å². The van der Waals surface area contributed by atoms with E-state index in [4.69, 9.17) is 0 Å². The van der Waals surface area contributed by atoms with Gasteiger partial charge < -0.3 is 0 Å². The Morgan fingerprint density at radius 3 is 1.38 bits per heavy atom. The van der Waals surface area contributed by atoms with Gasteiger partial charge in [-0.1, -0.05) is 0 Å². The Bertz CT molecular complexity index is 198. The molecule has 0 aromatic rings. The highest BCUT2D eigenvalue weighted by molar-refractivity contribution is 6.22. The van der Waals surface area contributed by atoms with Crippen molar-refractivity contribution in [2.24, 2.45) is 0 Å². The summed E-state index contributed by atoms with van der Waals surface area (Å²) in [6, 6.07) is 0. The van der Waals surface area contributed by atoms with Gasteiger partial charge in [-0.15, -0.1) is 0 Å². The minimum absolute atomic E-state index is 0.986. The van der Waals surface area contributed by atoms with E-state index in [1.807, 2.05) is 0 Å². The molecule has 0 aromatic heterocycles. The first-order chi connectivity index (χ1) is 5.46. The van der Waals surface area contributed by atoms with E-state index in [-0.39, 0.29) is 0 Å². The molecule has 0 nitrogen and oxygen atoms in total. The molecule has 0 fully saturated rings. The standard InChI is InChI=1S/C5H2ClF7/c6-5(12,13)3(7,8)1-2-4(9,10)11/h1-2H/b2-1+. The predicted octanol–water partition coefficient (Wildman–Crippen LogP) is 3.57. The summed E-state index contributed by atoms with van der Waals surface area (Å²) in [7, 11) is 0. The molecule has 0 aliphatic heterocycles. The second-order valence-electron chi connectivity index (χ2n) is 2.00. The van der Waals surface area contributed by atoms with Crippen LogP contribution in [0.4, 0.5) is 30.7 Å². The maximum Gasteiger partial charge on any atom is 0.409 e. The third-order valence-electron chi connectivity index (χ3n) is 0.860. The number of hydrogen-bond acceptors (Lipinski definition) is 0. The van der Waals surface area contributed by atoms with Crippen LogP contribution in [0.15, 0.2) is 12.2 Å². The van der Waals surface area contributed by atoms with Gasteiger partial charge in [0.15, 0.2) is 0 Å². The van der Waals surface area contributed by atoms with Crippen LogP contribution in [0.5, 0.6) is 0 Å². The van der Waals surface area contributed by atoms with Crippen LogP contribution in [0, 0.1) is 0 Å². The Labute approximate surface area is 73.0 Å². The van der Waals surface area contributed by atoms with Crippen molar-refractivity contribution in [3.8, 4) is 0 Å². The molecule has 8 heteroatoms. The molecule has 0 radical (unpaired) electrons. The minimum Gasteiger partial charge on any atom is -0.193 e. The van der Waals surface area contributed by atoms with Gasteiger partial charge >= 0.3 is 17.5 Å². The summed E-state index contributed by atoms with van der Waals surface area (Å²) >= 11 is 3.85. The summed E-state index contributed by atoms with van der Waals surface area (Å²) in [5.74, 6) is -5.02. The van der Waals surface area contributed by atoms with Crippen LogP contribution in [0.3, 0.4) is 0 Å². The monoisotopic (exact) mass is 230 g/mol. The largest absolute Gasteiger partial charge is 0.409 e. The normalized spacial score (nSPS) is 15.4. The first kappa shape index (κ1) is 12.5. The summed E-state index contributed by atoms with van der Waals surface area (Å²) in [4.78, 5) is 0. The molecular weight excluding hydrogens is 228 g/mol. The topological polar surface area (TPSA) is 0 Å². The molecule has 0 bridgehead atoms. The summed E-state index contributed by atoms with van der Waals surface area (Å²) in [5, 5.41) is -5.03. The Balaban J connectivity index is 4.62. The van der Waals surface area contributed by atoms with E-state index in [9.17, 15) is 30.7 Å². The third-order valence-corrected chi connectivity index (χ3v) is 1.11. The Morgan fingerprint density at radius 2 is 1.15 bits per heavy atom. The Hall–Kier alpha value is -0.460. The summed E-state index contributed by atoms with van der Waals surface area (Å²) in [6.07, 6.45) is -7.06. The third kappa shape index (κ3) is 4.35. The van der Waals surface area contributed by atoms with Crippen LogP contribution in [0.2, 0.25) is 0 Å². The van der Waals surface area contributed by atoms with Gasteiger partial charge in [-0.3, -0.25) is 0 Å². The van der Waals surface area contributed by atoms with Crippen molar-refractivity contribution in [3.63, 3.8) is 0 Å². The first-order valence-electron chi connectivity index (χ1n) is 2.67. The molecule has 0 aliphatic carbocycles. The fraction of sp³-hybridized carbons (Fsp3) is 0.600. The number of allylic oxidation sites excluding steroid dienone is 2. The maximum absolute atomic E-state index is 12.0. The quantitative estimate of drug-likeness (QED) is 0.386. The molecule has 78 valence electrons. The van der Waals surface area contributed by atoms with Gasteiger partial charge in [0.25, 0.3) is 0 Å². The SMILES string of the molecule is FC(F)(F)/C=C/C(F)(F)C(F)(F)Cl. The van der Waals surface area contributed by atoms with E-state index in [0.717, 1.165) is 0 Å². The summed E-state index contributed by atoms with van der Waals surface area (Å²) < 4.78 is 81.1. The van der Waals surface area contributed by atoms with Crippen molar-refractivity contribution in [2.75, 3.05) is 0 Å². The minimum atomic E-state index is -5.08. The van der Waals surface area contributed by atoms with Crippen molar-refractivity contribution in [2.45, 2.75) is 17.5 Å². The fourth-order valence-electron chi connectivity index (χ4n) is 0.294. The van der Waals surface area contributed by atoms with Crippen molar-refractivity contribution in [3.05, 3.63) is 12.2 Å². The summed E-state index contributed by atoms with van der Waals surface area (Å²) in [5.41, 5.74) is 0. The molecule has 13 heavy (non-hydrogen) atoms. The van der Waals surface area contributed by atoms with E-state index in [1.165, 1.54) is 0 Å². The van der Waals surface area contributed by atoms with Gasteiger partial charge in [0, 0.05) is 6.08 Å². The fourth-order valence-corrected chi connectivity index (χ4v) is 0.357. The van der Waals surface area contributed by atoms with E-state index >= 15 is 0 Å². The molecule has 0 rings (SSSR count). The molecule has 0 aliphatic rings. The number of hydrogen-bond donors (Lipinski definition) is 0. The lowest BCUT2D eigenvalue weighted by Crippen LogP contribution is -2.33. The molecule has 0 N–H and O–H groups in total. The maximum atomic E-state index is 12.0. The zero-order valence-corrected chi connectivity index (χ0v) is 6.43. The molecule has 0 saturated carbocycles. The van der Waals surface area contributed by atoms with Crippen molar-refractivity contribution < 1.29 is 30.7 Å². The summed E-state index contributed by atoms with van der Waals surface area (Å²) in [6.45, 7) is 0. The predicted molar refractivity (Wildman–Crippen MR) is 30.9 cm³/mol. The number of rotatable bonds is 2. The van der Waals surface area contributed by atoms with Gasteiger partial charge in [0.1, 0.15) is 0 Å². The zero-order valence-electron chi connectivity index (χ0n) is 5.68. The number of halogens is 8. The molecule has 0 heterocycles. The van der Waals surface area contributed by atoms with Crippen molar-refractivity contribution in [1.29, 1.82) is 0 Å². The molecular formula is C5H2ClF7. The second-order valence-corrected chi connectivity index (χ2v) is 2.47. The highest BCUT2D eigenvalue weighted by Crippen LogP contribution is 2.39. The highest BCUT2D eigenvalue weighted by atomic mass is 35.5. The van der Waals surface area contributed by atoms with Crippen LogP contribution in [-0.2, 0) is 0 Å². The lowest BCUT2D eigenvalue weighted by molar-refractivity contribution is -0.126. The van der Waals surface area contributed by atoms with E-state index in [0.29, 0.717) is 0 Å². The molecule has 0 atom stereocenters. The van der Waals surface area contributed by atoms with Crippen LogP contribution >= 0.6 is 11.6 Å². The second kappa shape index (κ2) is 3.36. The molecule has 0 spiro atoms. The lowest BCUT2D eigenvalue weighted by atomic mass is 10.3. The van der Waals surface area contributed by atoms with Crippen LogP contribution in [0.25, 0.3) is 0 Å². The zero-order chi connectivity index (χ0) is 10.9. The van der Waals surface area contributed by atoms with Crippen molar-refractivity contribution in [1.82, 2.24) is 0 Å². The average molecular weight is 231 g/mol.